The lowest BCUT2D eigenvalue weighted by atomic mass is 10.0. The van der Waals surface area contributed by atoms with Crippen molar-refractivity contribution in [1.29, 1.82) is 0 Å². The van der Waals surface area contributed by atoms with Crippen molar-refractivity contribution in [3.05, 3.63) is 71.8 Å². The molecule has 0 spiro atoms. The van der Waals surface area contributed by atoms with Crippen LogP contribution < -0.4 is 5.32 Å². The molecule has 0 aliphatic carbocycles. The molecule has 1 heteroatoms. The summed E-state index contributed by atoms with van der Waals surface area (Å²) in [5.74, 6) is 0. The predicted molar refractivity (Wildman–Crippen MR) is 83.6 cm³/mol. The van der Waals surface area contributed by atoms with Crippen LogP contribution in [-0.4, -0.2) is 5.54 Å². The van der Waals surface area contributed by atoms with Crippen LogP contribution in [0.1, 0.15) is 31.9 Å². The fourth-order valence-corrected chi connectivity index (χ4v) is 1.93. The van der Waals surface area contributed by atoms with E-state index in [1.54, 1.807) is 0 Å². The van der Waals surface area contributed by atoms with E-state index in [2.05, 4.69) is 80.7 Å². The molecule has 98 valence electrons. The second kappa shape index (κ2) is 5.75. The van der Waals surface area contributed by atoms with Crippen LogP contribution in [0.15, 0.2) is 60.7 Å². The van der Waals surface area contributed by atoms with Gasteiger partial charge in [-0.2, -0.15) is 0 Å². The standard InChI is InChI=1S/C18H21N/c1-18(2,3)19-17(16-12-8-5-9-13-16)14-15-10-6-4-7-11-15/h4-14,19H,1-3H3/b17-14+. The third kappa shape index (κ3) is 4.29. The third-order valence-corrected chi connectivity index (χ3v) is 2.71. The second-order valence-corrected chi connectivity index (χ2v) is 5.71. The molecular formula is C18H21N. The van der Waals surface area contributed by atoms with Crippen molar-refractivity contribution in [2.75, 3.05) is 0 Å². The first-order chi connectivity index (χ1) is 9.04. The molecule has 1 N–H and O–H groups in total. The van der Waals surface area contributed by atoms with Gasteiger partial charge in [0.15, 0.2) is 0 Å². The lowest BCUT2D eigenvalue weighted by Crippen LogP contribution is -2.34. The lowest BCUT2D eigenvalue weighted by molar-refractivity contribution is 0.502. The molecule has 0 amide bonds. The maximum atomic E-state index is 3.58. The van der Waals surface area contributed by atoms with Crippen molar-refractivity contribution in [3.8, 4) is 0 Å². The summed E-state index contributed by atoms with van der Waals surface area (Å²) < 4.78 is 0. The molecule has 0 radical (unpaired) electrons. The van der Waals surface area contributed by atoms with Crippen LogP contribution in [0, 0.1) is 0 Å². The first kappa shape index (κ1) is 13.4. The van der Waals surface area contributed by atoms with Gasteiger partial charge in [0.1, 0.15) is 0 Å². The van der Waals surface area contributed by atoms with Crippen LogP contribution in [0.4, 0.5) is 0 Å². The molecule has 19 heavy (non-hydrogen) atoms. The highest BCUT2D eigenvalue weighted by atomic mass is 15.0. The Balaban J connectivity index is 2.38. The lowest BCUT2D eigenvalue weighted by Gasteiger charge is -2.25. The Kier molecular flexibility index (Phi) is 4.06. The quantitative estimate of drug-likeness (QED) is 0.788. The Morgan fingerprint density at radius 3 is 1.89 bits per heavy atom. The highest BCUT2D eigenvalue weighted by molar-refractivity contribution is 5.80. The van der Waals surface area contributed by atoms with E-state index in [9.17, 15) is 0 Å². The molecule has 2 rings (SSSR count). The van der Waals surface area contributed by atoms with Gasteiger partial charge >= 0.3 is 0 Å². The summed E-state index contributed by atoms with van der Waals surface area (Å²) >= 11 is 0. The van der Waals surface area contributed by atoms with Crippen molar-refractivity contribution in [2.24, 2.45) is 0 Å². The molecule has 0 saturated heterocycles. The van der Waals surface area contributed by atoms with E-state index in [1.165, 1.54) is 11.1 Å². The Labute approximate surface area is 116 Å². The fraction of sp³-hybridized carbons (Fsp3) is 0.222. The maximum Gasteiger partial charge on any atom is 0.0423 e. The van der Waals surface area contributed by atoms with E-state index < -0.39 is 0 Å². The molecule has 1 nitrogen and oxygen atoms in total. The highest BCUT2D eigenvalue weighted by Gasteiger charge is 2.12. The summed E-state index contributed by atoms with van der Waals surface area (Å²) in [5, 5.41) is 3.58. The van der Waals surface area contributed by atoms with Crippen LogP contribution in [0.2, 0.25) is 0 Å². The van der Waals surface area contributed by atoms with Gasteiger partial charge in [-0.15, -0.1) is 0 Å². The fourth-order valence-electron chi connectivity index (χ4n) is 1.93. The number of hydrogen-bond donors (Lipinski definition) is 1. The van der Waals surface area contributed by atoms with Gasteiger partial charge in [-0.05, 0) is 38.0 Å². The van der Waals surface area contributed by atoms with Gasteiger partial charge < -0.3 is 5.32 Å². The van der Waals surface area contributed by atoms with Crippen LogP contribution in [0.25, 0.3) is 11.8 Å². The summed E-state index contributed by atoms with van der Waals surface area (Å²) in [4.78, 5) is 0. The van der Waals surface area contributed by atoms with Crippen LogP contribution in [0.3, 0.4) is 0 Å². The zero-order valence-electron chi connectivity index (χ0n) is 11.9. The minimum Gasteiger partial charge on any atom is -0.380 e. The van der Waals surface area contributed by atoms with Crippen molar-refractivity contribution in [3.63, 3.8) is 0 Å². The van der Waals surface area contributed by atoms with Crippen molar-refractivity contribution in [2.45, 2.75) is 26.3 Å². The van der Waals surface area contributed by atoms with Gasteiger partial charge in [0, 0.05) is 11.2 Å². The maximum absolute atomic E-state index is 3.58. The van der Waals surface area contributed by atoms with E-state index in [0.29, 0.717) is 0 Å². The average molecular weight is 251 g/mol. The first-order valence-electron chi connectivity index (χ1n) is 6.65. The molecule has 0 bridgehead atoms. The van der Waals surface area contributed by atoms with E-state index in [-0.39, 0.29) is 5.54 Å². The normalized spacial score (nSPS) is 12.3. The molecule has 0 atom stereocenters. The molecule has 0 unspecified atom stereocenters. The number of rotatable bonds is 3. The van der Waals surface area contributed by atoms with Crippen molar-refractivity contribution < 1.29 is 0 Å². The summed E-state index contributed by atoms with van der Waals surface area (Å²) in [6.07, 6.45) is 2.20. The third-order valence-electron chi connectivity index (χ3n) is 2.71. The minimum absolute atomic E-state index is 0.0381. The molecule has 0 saturated carbocycles. The van der Waals surface area contributed by atoms with Gasteiger partial charge in [-0.25, -0.2) is 0 Å². The van der Waals surface area contributed by atoms with Crippen molar-refractivity contribution >= 4 is 11.8 Å². The average Bonchev–Trinajstić information content (AvgIpc) is 2.39. The van der Waals surface area contributed by atoms with Gasteiger partial charge in [0.25, 0.3) is 0 Å². The topological polar surface area (TPSA) is 12.0 Å². The molecule has 0 aliphatic rings. The predicted octanol–water partition coefficient (Wildman–Crippen LogP) is 4.57. The minimum atomic E-state index is 0.0381. The molecule has 0 heterocycles. The van der Waals surface area contributed by atoms with Crippen LogP contribution >= 0.6 is 0 Å². The number of nitrogens with one attached hydrogen (secondary N) is 1. The van der Waals surface area contributed by atoms with E-state index >= 15 is 0 Å². The van der Waals surface area contributed by atoms with E-state index in [0.717, 1.165) is 5.70 Å². The Bertz CT molecular complexity index is 533. The molecule has 2 aromatic carbocycles. The van der Waals surface area contributed by atoms with Crippen LogP contribution in [-0.2, 0) is 0 Å². The van der Waals surface area contributed by atoms with Gasteiger partial charge in [-0.3, -0.25) is 0 Å². The Hall–Kier alpha value is -2.02. The summed E-state index contributed by atoms with van der Waals surface area (Å²) in [6, 6.07) is 20.8. The number of hydrogen-bond acceptors (Lipinski definition) is 1. The van der Waals surface area contributed by atoms with Gasteiger partial charge in [-0.1, -0.05) is 60.7 Å². The van der Waals surface area contributed by atoms with Gasteiger partial charge in [0.05, 0.1) is 0 Å². The highest BCUT2D eigenvalue weighted by Crippen LogP contribution is 2.18. The van der Waals surface area contributed by atoms with Crippen LogP contribution in [0.5, 0.6) is 0 Å². The SMILES string of the molecule is CC(C)(C)N/C(=C/c1ccccc1)c1ccccc1. The zero-order chi connectivity index (χ0) is 13.7. The van der Waals surface area contributed by atoms with Crippen molar-refractivity contribution in [1.82, 2.24) is 5.32 Å². The molecule has 2 aromatic rings. The molecule has 0 aromatic heterocycles. The number of benzene rings is 2. The second-order valence-electron chi connectivity index (χ2n) is 5.71. The summed E-state index contributed by atoms with van der Waals surface area (Å²) in [6.45, 7) is 6.53. The summed E-state index contributed by atoms with van der Waals surface area (Å²) in [7, 11) is 0. The first-order valence-corrected chi connectivity index (χ1v) is 6.65. The zero-order valence-corrected chi connectivity index (χ0v) is 11.9. The van der Waals surface area contributed by atoms with E-state index in [4.69, 9.17) is 0 Å². The summed E-state index contributed by atoms with van der Waals surface area (Å²) in [5.41, 5.74) is 3.61. The molecule has 0 fully saturated rings. The smallest absolute Gasteiger partial charge is 0.0423 e. The monoisotopic (exact) mass is 251 g/mol. The Morgan fingerprint density at radius 1 is 0.842 bits per heavy atom. The molecular weight excluding hydrogens is 230 g/mol. The molecule has 0 aliphatic heterocycles. The van der Waals surface area contributed by atoms with E-state index in [1.807, 2.05) is 12.1 Å². The van der Waals surface area contributed by atoms with Gasteiger partial charge in [0.2, 0.25) is 0 Å². The Morgan fingerprint density at radius 2 is 1.37 bits per heavy atom. The largest absolute Gasteiger partial charge is 0.380 e.